The van der Waals surface area contributed by atoms with E-state index in [2.05, 4.69) is 36.4 Å². The molecule has 0 aromatic carbocycles. The van der Waals surface area contributed by atoms with Crippen LogP contribution in [0.25, 0.3) is 0 Å². The van der Waals surface area contributed by atoms with Gasteiger partial charge in [-0.25, -0.2) is 0 Å². The molecular formula is C15H23N3. The molecule has 3 rings (SSSR count). The van der Waals surface area contributed by atoms with Gasteiger partial charge in [0.15, 0.2) is 0 Å². The molecule has 0 amide bonds. The maximum absolute atomic E-state index is 4.46. The van der Waals surface area contributed by atoms with Crippen LogP contribution in [0.5, 0.6) is 0 Å². The fourth-order valence-electron chi connectivity index (χ4n) is 3.59. The van der Waals surface area contributed by atoms with Crippen molar-refractivity contribution in [1.29, 1.82) is 0 Å². The Balaban J connectivity index is 1.54. The molecule has 3 nitrogen and oxygen atoms in total. The van der Waals surface area contributed by atoms with Gasteiger partial charge < -0.3 is 5.32 Å². The van der Waals surface area contributed by atoms with E-state index in [9.17, 15) is 0 Å². The largest absolute Gasteiger partial charge is 0.312 e. The number of rotatable bonds is 4. The van der Waals surface area contributed by atoms with E-state index in [-0.39, 0.29) is 0 Å². The minimum atomic E-state index is 0.846. The van der Waals surface area contributed by atoms with Crippen LogP contribution in [0.2, 0.25) is 0 Å². The predicted molar refractivity (Wildman–Crippen MR) is 73.2 cm³/mol. The Morgan fingerprint density at radius 2 is 2.17 bits per heavy atom. The lowest BCUT2D eigenvalue weighted by atomic mass is 9.93. The lowest BCUT2D eigenvalue weighted by Crippen LogP contribution is -2.25. The second-order valence-corrected chi connectivity index (χ2v) is 5.94. The third kappa shape index (κ3) is 2.01. The predicted octanol–water partition coefficient (Wildman–Crippen LogP) is 2.34. The summed E-state index contributed by atoms with van der Waals surface area (Å²) in [5, 5.41) is 8.10. The summed E-state index contributed by atoms with van der Waals surface area (Å²) in [5.74, 6) is 2.58. The molecule has 2 aliphatic rings. The number of allylic oxidation sites excluding steroid dienone is 2. The van der Waals surface area contributed by atoms with E-state index in [1.54, 1.807) is 0 Å². The second-order valence-electron chi connectivity index (χ2n) is 5.94. The molecule has 18 heavy (non-hydrogen) atoms. The van der Waals surface area contributed by atoms with Crippen molar-refractivity contribution in [3.05, 3.63) is 29.1 Å². The minimum absolute atomic E-state index is 0.846. The lowest BCUT2D eigenvalue weighted by Gasteiger charge is -2.18. The highest BCUT2D eigenvalue weighted by atomic mass is 15.3. The highest BCUT2D eigenvalue weighted by Gasteiger charge is 2.34. The molecule has 3 heteroatoms. The van der Waals surface area contributed by atoms with E-state index < -0.39 is 0 Å². The molecule has 2 aliphatic carbocycles. The summed E-state index contributed by atoms with van der Waals surface area (Å²) in [6.45, 7) is 6.37. The number of hydrogen-bond acceptors (Lipinski definition) is 2. The molecule has 1 aromatic rings. The molecule has 0 spiro atoms. The van der Waals surface area contributed by atoms with Crippen molar-refractivity contribution >= 4 is 0 Å². The van der Waals surface area contributed by atoms with Gasteiger partial charge in [-0.15, -0.1) is 0 Å². The summed E-state index contributed by atoms with van der Waals surface area (Å²) in [6, 6.07) is 0. The number of nitrogens with zero attached hydrogens (tertiary/aromatic N) is 2. The number of aromatic nitrogens is 2. The van der Waals surface area contributed by atoms with Crippen LogP contribution < -0.4 is 5.32 Å². The monoisotopic (exact) mass is 245 g/mol. The van der Waals surface area contributed by atoms with E-state index in [0.29, 0.717) is 0 Å². The van der Waals surface area contributed by atoms with Gasteiger partial charge in [-0.05, 0) is 51.0 Å². The van der Waals surface area contributed by atoms with Gasteiger partial charge in [-0.3, -0.25) is 4.68 Å². The van der Waals surface area contributed by atoms with Crippen LogP contribution in [-0.2, 0) is 13.6 Å². The molecule has 1 heterocycles. The summed E-state index contributed by atoms with van der Waals surface area (Å²) in [4.78, 5) is 0. The zero-order valence-electron chi connectivity index (χ0n) is 11.6. The average molecular weight is 245 g/mol. The highest BCUT2D eigenvalue weighted by Crippen LogP contribution is 2.42. The molecule has 1 aromatic heterocycles. The molecule has 1 saturated carbocycles. The van der Waals surface area contributed by atoms with Gasteiger partial charge in [-0.1, -0.05) is 12.2 Å². The van der Waals surface area contributed by atoms with Gasteiger partial charge >= 0.3 is 0 Å². The third-order valence-electron chi connectivity index (χ3n) is 4.78. The Bertz CT molecular complexity index is 472. The van der Waals surface area contributed by atoms with Crippen molar-refractivity contribution in [3.8, 4) is 0 Å². The van der Waals surface area contributed by atoms with E-state index >= 15 is 0 Å². The quantitative estimate of drug-likeness (QED) is 0.825. The fraction of sp³-hybridized carbons (Fsp3) is 0.667. The molecule has 3 unspecified atom stereocenters. The maximum Gasteiger partial charge on any atom is 0.0641 e. The summed E-state index contributed by atoms with van der Waals surface area (Å²) >= 11 is 0. The first-order valence-corrected chi connectivity index (χ1v) is 7.03. The first-order chi connectivity index (χ1) is 8.65. The van der Waals surface area contributed by atoms with Crippen LogP contribution in [0.15, 0.2) is 12.2 Å². The molecular weight excluding hydrogens is 222 g/mol. The zero-order valence-corrected chi connectivity index (χ0v) is 11.6. The fourth-order valence-corrected chi connectivity index (χ4v) is 3.59. The first kappa shape index (κ1) is 12.0. The van der Waals surface area contributed by atoms with Gasteiger partial charge in [0.05, 0.1) is 5.69 Å². The van der Waals surface area contributed by atoms with Crippen molar-refractivity contribution in [3.63, 3.8) is 0 Å². The zero-order chi connectivity index (χ0) is 12.7. The van der Waals surface area contributed by atoms with E-state index in [4.69, 9.17) is 0 Å². The molecule has 1 N–H and O–H groups in total. The SMILES string of the molecule is Cc1nn(C)c(C)c1CNCC1CC2C=CC1C2. The molecule has 0 aliphatic heterocycles. The molecule has 1 fully saturated rings. The Morgan fingerprint density at radius 3 is 2.72 bits per heavy atom. The van der Waals surface area contributed by atoms with Crippen molar-refractivity contribution in [2.45, 2.75) is 33.2 Å². The van der Waals surface area contributed by atoms with Crippen LogP contribution in [0.4, 0.5) is 0 Å². The highest BCUT2D eigenvalue weighted by molar-refractivity contribution is 5.24. The van der Waals surface area contributed by atoms with Gasteiger partial charge in [-0.2, -0.15) is 5.10 Å². The second kappa shape index (κ2) is 4.54. The molecule has 0 saturated heterocycles. The molecule has 3 atom stereocenters. The number of nitrogens with one attached hydrogen (secondary N) is 1. The number of fused-ring (bicyclic) bond motifs is 2. The summed E-state index contributed by atoms with van der Waals surface area (Å²) in [6.07, 6.45) is 7.63. The lowest BCUT2D eigenvalue weighted by molar-refractivity contribution is 0.414. The average Bonchev–Trinajstić information content (AvgIpc) is 3.00. The topological polar surface area (TPSA) is 29.9 Å². The Kier molecular flexibility index (Phi) is 3.02. The summed E-state index contributed by atoms with van der Waals surface area (Å²) < 4.78 is 1.98. The van der Waals surface area contributed by atoms with Crippen molar-refractivity contribution in [2.75, 3.05) is 6.54 Å². The molecule has 2 bridgehead atoms. The van der Waals surface area contributed by atoms with E-state index in [0.717, 1.165) is 36.5 Å². The molecule has 0 radical (unpaired) electrons. The Morgan fingerprint density at radius 1 is 1.33 bits per heavy atom. The van der Waals surface area contributed by atoms with Crippen molar-refractivity contribution in [1.82, 2.24) is 15.1 Å². The van der Waals surface area contributed by atoms with E-state index in [1.807, 2.05) is 11.7 Å². The third-order valence-corrected chi connectivity index (χ3v) is 4.78. The van der Waals surface area contributed by atoms with Crippen molar-refractivity contribution in [2.24, 2.45) is 24.8 Å². The van der Waals surface area contributed by atoms with Crippen molar-refractivity contribution < 1.29 is 0 Å². The standard InChI is InChI=1S/C15H23N3/c1-10-15(11(2)18(3)17-10)9-16-8-14-7-12-4-5-13(14)6-12/h4-5,12-14,16H,6-9H2,1-3H3. The Hall–Kier alpha value is -1.09. The number of aryl methyl sites for hydroxylation is 2. The van der Waals surface area contributed by atoms with E-state index in [1.165, 1.54) is 24.1 Å². The summed E-state index contributed by atoms with van der Waals surface area (Å²) in [5.41, 5.74) is 3.82. The van der Waals surface area contributed by atoms with Crippen LogP contribution >= 0.6 is 0 Å². The van der Waals surface area contributed by atoms with Gasteiger partial charge in [0.2, 0.25) is 0 Å². The normalized spacial score (nSPS) is 29.4. The minimum Gasteiger partial charge on any atom is -0.312 e. The smallest absolute Gasteiger partial charge is 0.0641 e. The van der Waals surface area contributed by atoms with Gasteiger partial charge in [0, 0.05) is 24.8 Å². The molecule has 98 valence electrons. The van der Waals surface area contributed by atoms with Crippen LogP contribution in [-0.4, -0.2) is 16.3 Å². The first-order valence-electron chi connectivity index (χ1n) is 7.03. The summed E-state index contributed by atoms with van der Waals surface area (Å²) in [7, 11) is 2.02. The van der Waals surface area contributed by atoms with Crippen LogP contribution in [0, 0.1) is 31.6 Å². The number of hydrogen-bond donors (Lipinski definition) is 1. The Labute approximate surface area is 109 Å². The van der Waals surface area contributed by atoms with Crippen LogP contribution in [0.3, 0.4) is 0 Å². The van der Waals surface area contributed by atoms with Crippen LogP contribution in [0.1, 0.15) is 29.8 Å². The maximum atomic E-state index is 4.46. The van der Waals surface area contributed by atoms with Gasteiger partial charge in [0.25, 0.3) is 0 Å². The van der Waals surface area contributed by atoms with Gasteiger partial charge in [0.1, 0.15) is 0 Å².